The Balaban J connectivity index is 2.91. The minimum atomic E-state index is -5.00. The predicted molar refractivity (Wildman–Crippen MR) is 75.8 cm³/mol. The van der Waals surface area contributed by atoms with Crippen molar-refractivity contribution in [2.75, 3.05) is 0 Å². The summed E-state index contributed by atoms with van der Waals surface area (Å²) in [5.74, 6) is -1.69. The quantitative estimate of drug-likeness (QED) is 0.670. The van der Waals surface area contributed by atoms with E-state index in [1.165, 1.54) is 36.4 Å². The number of rotatable bonds is 4. The Morgan fingerprint density at radius 2 is 1.33 bits per heavy atom. The first-order valence-electron chi connectivity index (χ1n) is 6.04. The molecule has 0 atom stereocenters. The minimum absolute atomic E-state index is 0.321. The molecule has 21 heavy (non-hydrogen) atoms. The van der Waals surface area contributed by atoms with Gasteiger partial charge in [-0.2, -0.15) is 0 Å². The fourth-order valence-electron chi connectivity index (χ4n) is 2.34. The van der Waals surface area contributed by atoms with Crippen LogP contribution in [0.1, 0.15) is 11.1 Å². The highest BCUT2D eigenvalue weighted by atomic mass is 31.2. The summed E-state index contributed by atoms with van der Waals surface area (Å²) in [6.07, 6.45) is 0.893. The molecular formula is C15H13F2O3P. The topological polar surface area (TPSA) is 57.5 Å². The average Bonchev–Trinajstić information content (AvgIpc) is 2.42. The second kappa shape index (κ2) is 5.53. The zero-order valence-electron chi connectivity index (χ0n) is 10.9. The lowest BCUT2D eigenvalue weighted by Crippen LogP contribution is -2.27. The summed E-state index contributed by atoms with van der Waals surface area (Å²) in [4.78, 5) is 19.6. The highest BCUT2D eigenvalue weighted by Crippen LogP contribution is 2.62. The zero-order valence-corrected chi connectivity index (χ0v) is 11.8. The monoisotopic (exact) mass is 310 g/mol. The molecule has 0 saturated carbocycles. The molecule has 2 rings (SSSR count). The van der Waals surface area contributed by atoms with Crippen molar-refractivity contribution in [3.8, 4) is 0 Å². The van der Waals surface area contributed by atoms with Gasteiger partial charge in [0.15, 0.2) is 0 Å². The molecule has 0 radical (unpaired) electrons. The van der Waals surface area contributed by atoms with Gasteiger partial charge in [0, 0.05) is 11.1 Å². The highest BCUT2D eigenvalue weighted by molar-refractivity contribution is 7.53. The van der Waals surface area contributed by atoms with Crippen LogP contribution in [0.15, 0.2) is 61.2 Å². The van der Waals surface area contributed by atoms with E-state index in [2.05, 4.69) is 6.58 Å². The Kier molecular flexibility index (Phi) is 4.10. The van der Waals surface area contributed by atoms with Crippen LogP contribution in [0.4, 0.5) is 8.78 Å². The summed E-state index contributed by atoms with van der Waals surface area (Å²) in [5, 5.41) is -2.27. The SMILES string of the molecule is C=CC(c1ccccc1F)(c1ccccc1F)P(=O)(O)O. The van der Waals surface area contributed by atoms with E-state index in [1.54, 1.807) is 0 Å². The van der Waals surface area contributed by atoms with Gasteiger partial charge in [-0.25, -0.2) is 8.78 Å². The van der Waals surface area contributed by atoms with E-state index in [1.807, 2.05) is 0 Å². The smallest absolute Gasteiger partial charge is 0.323 e. The summed E-state index contributed by atoms with van der Waals surface area (Å²) >= 11 is 0. The van der Waals surface area contributed by atoms with Crippen LogP contribution in [0.2, 0.25) is 0 Å². The summed E-state index contributed by atoms with van der Waals surface area (Å²) in [7, 11) is -5.00. The summed E-state index contributed by atoms with van der Waals surface area (Å²) < 4.78 is 40.3. The van der Waals surface area contributed by atoms with Crippen molar-refractivity contribution < 1.29 is 23.1 Å². The Morgan fingerprint density at radius 1 is 0.952 bits per heavy atom. The molecule has 0 bridgehead atoms. The third kappa shape index (κ3) is 2.44. The standard InChI is InChI=1S/C15H13F2O3P/c1-2-15(21(18,19)20,11-7-3-5-9-13(11)16)12-8-4-6-10-14(12)17/h2-10H,1H2,(H2,18,19,20). The van der Waals surface area contributed by atoms with Crippen LogP contribution in [0.3, 0.4) is 0 Å². The molecule has 0 fully saturated rings. The molecule has 2 N–H and O–H groups in total. The van der Waals surface area contributed by atoms with Crippen molar-refractivity contribution in [3.05, 3.63) is 83.9 Å². The van der Waals surface area contributed by atoms with Crippen LogP contribution in [0.25, 0.3) is 0 Å². The molecule has 0 aliphatic heterocycles. The van der Waals surface area contributed by atoms with Crippen LogP contribution in [-0.4, -0.2) is 9.79 Å². The van der Waals surface area contributed by atoms with Gasteiger partial charge in [0.25, 0.3) is 0 Å². The maximum Gasteiger partial charge on any atom is 0.344 e. The van der Waals surface area contributed by atoms with Gasteiger partial charge >= 0.3 is 7.60 Å². The van der Waals surface area contributed by atoms with Gasteiger partial charge in [0.05, 0.1) is 0 Å². The van der Waals surface area contributed by atoms with E-state index < -0.39 is 24.4 Å². The molecule has 0 saturated heterocycles. The van der Waals surface area contributed by atoms with Gasteiger partial charge in [-0.05, 0) is 12.1 Å². The average molecular weight is 310 g/mol. The van der Waals surface area contributed by atoms with Crippen molar-refractivity contribution in [1.29, 1.82) is 0 Å². The normalized spacial score (nSPS) is 12.2. The van der Waals surface area contributed by atoms with E-state index in [-0.39, 0.29) is 11.1 Å². The van der Waals surface area contributed by atoms with Crippen LogP contribution < -0.4 is 0 Å². The van der Waals surface area contributed by atoms with Crippen molar-refractivity contribution in [2.24, 2.45) is 0 Å². The van der Waals surface area contributed by atoms with E-state index in [4.69, 9.17) is 0 Å². The molecule has 110 valence electrons. The van der Waals surface area contributed by atoms with E-state index in [0.29, 0.717) is 0 Å². The Hall–Kier alpha value is -1.81. The highest BCUT2D eigenvalue weighted by Gasteiger charge is 2.50. The van der Waals surface area contributed by atoms with Crippen LogP contribution in [-0.2, 0) is 9.72 Å². The molecule has 6 heteroatoms. The summed E-state index contributed by atoms with van der Waals surface area (Å²) in [5.41, 5.74) is -0.642. The maximum atomic E-state index is 14.1. The van der Waals surface area contributed by atoms with Crippen molar-refractivity contribution in [2.45, 2.75) is 5.16 Å². The molecule has 0 unspecified atom stereocenters. The minimum Gasteiger partial charge on any atom is -0.323 e. The van der Waals surface area contributed by atoms with Crippen molar-refractivity contribution >= 4 is 7.60 Å². The summed E-state index contributed by atoms with van der Waals surface area (Å²) in [6, 6.07) is 10.2. The van der Waals surface area contributed by atoms with Gasteiger partial charge in [-0.1, -0.05) is 42.5 Å². The number of hydrogen-bond donors (Lipinski definition) is 2. The molecule has 0 aromatic heterocycles. The van der Waals surface area contributed by atoms with Gasteiger partial charge in [-0.15, -0.1) is 6.58 Å². The first-order chi connectivity index (χ1) is 9.84. The first-order valence-corrected chi connectivity index (χ1v) is 7.65. The van der Waals surface area contributed by atoms with Crippen molar-refractivity contribution in [3.63, 3.8) is 0 Å². The fraction of sp³-hybridized carbons (Fsp3) is 0.0667. The van der Waals surface area contributed by atoms with Crippen LogP contribution in [0, 0.1) is 11.6 Å². The zero-order chi connectivity index (χ0) is 15.7. The fourth-order valence-corrected chi connectivity index (χ4v) is 3.57. The lowest BCUT2D eigenvalue weighted by atomic mass is 9.89. The van der Waals surface area contributed by atoms with Crippen LogP contribution >= 0.6 is 7.60 Å². The number of benzene rings is 2. The third-order valence-corrected chi connectivity index (χ3v) is 4.91. The van der Waals surface area contributed by atoms with Gasteiger partial charge in [0.1, 0.15) is 16.8 Å². The predicted octanol–water partition coefficient (Wildman–Crippen LogP) is 3.57. The molecule has 0 amide bonds. The Labute approximate surface area is 120 Å². The van der Waals surface area contributed by atoms with Gasteiger partial charge < -0.3 is 9.79 Å². The first kappa shape index (κ1) is 15.6. The van der Waals surface area contributed by atoms with Crippen molar-refractivity contribution in [1.82, 2.24) is 0 Å². The second-order valence-corrected chi connectivity index (χ2v) is 6.27. The Bertz CT molecular complexity index is 679. The lowest BCUT2D eigenvalue weighted by Gasteiger charge is -2.32. The maximum absolute atomic E-state index is 14.1. The summed E-state index contributed by atoms with van der Waals surface area (Å²) in [6.45, 7) is 3.41. The number of hydrogen-bond acceptors (Lipinski definition) is 1. The van der Waals surface area contributed by atoms with Crippen LogP contribution in [0.5, 0.6) is 0 Å². The third-order valence-electron chi connectivity index (χ3n) is 3.32. The number of allylic oxidation sites excluding steroid dienone is 1. The van der Waals surface area contributed by atoms with Gasteiger partial charge in [0.2, 0.25) is 0 Å². The number of halogens is 2. The second-order valence-electron chi connectivity index (χ2n) is 4.47. The van der Waals surface area contributed by atoms with Gasteiger partial charge in [-0.3, -0.25) is 4.57 Å². The largest absolute Gasteiger partial charge is 0.344 e. The molecule has 2 aromatic carbocycles. The van der Waals surface area contributed by atoms with E-state index >= 15 is 0 Å². The molecule has 2 aromatic rings. The molecule has 0 aliphatic carbocycles. The molecule has 0 aliphatic rings. The molecular weight excluding hydrogens is 297 g/mol. The van der Waals surface area contributed by atoms with E-state index in [9.17, 15) is 23.1 Å². The molecule has 0 heterocycles. The Morgan fingerprint density at radius 3 is 1.62 bits per heavy atom. The molecule has 0 spiro atoms. The molecule has 3 nitrogen and oxygen atoms in total. The van der Waals surface area contributed by atoms with E-state index in [0.717, 1.165) is 18.2 Å². The lowest BCUT2D eigenvalue weighted by molar-refractivity contribution is 0.347.